The molecule has 5 aromatic rings. The van der Waals surface area contributed by atoms with Crippen molar-refractivity contribution in [2.45, 2.75) is 25.8 Å². The second-order valence-corrected chi connectivity index (χ2v) is 8.68. The Bertz CT molecular complexity index is 1510. The van der Waals surface area contributed by atoms with Gasteiger partial charge in [-0.3, -0.25) is 4.79 Å². The van der Waals surface area contributed by atoms with E-state index in [4.69, 9.17) is 9.84 Å². The lowest BCUT2D eigenvalue weighted by Crippen LogP contribution is -2.41. The van der Waals surface area contributed by atoms with Crippen LogP contribution in [0.1, 0.15) is 44.6 Å². The summed E-state index contributed by atoms with van der Waals surface area (Å²) in [6, 6.07) is 9.70. The minimum Gasteiger partial charge on any atom is -0.384 e. The van der Waals surface area contributed by atoms with Gasteiger partial charge in [0.05, 0.1) is 47.1 Å². The highest BCUT2D eigenvalue weighted by atomic mass is 16.5. The number of aromatic amines is 1. The summed E-state index contributed by atoms with van der Waals surface area (Å²) in [4.78, 5) is 23.6. The SMILES string of the molecule is COCCc1ccc2c(C(=O)N3CCc4[nH]cnc4[C@H]3c3cc4c(C)cccn4n3)cnn2c1. The van der Waals surface area contributed by atoms with Crippen LogP contribution < -0.4 is 0 Å². The fourth-order valence-electron chi connectivity index (χ4n) is 4.82. The van der Waals surface area contributed by atoms with Gasteiger partial charge >= 0.3 is 0 Å². The van der Waals surface area contributed by atoms with Gasteiger partial charge in [-0.05, 0) is 42.7 Å². The predicted molar refractivity (Wildman–Crippen MR) is 126 cm³/mol. The molecule has 9 heteroatoms. The highest BCUT2D eigenvalue weighted by Crippen LogP contribution is 2.35. The van der Waals surface area contributed by atoms with Crippen LogP contribution in [0.25, 0.3) is 11.0 Å². The smallest absolute Gasteiger partial charge is 0.258 e. The van der Waals surface area contributed by atoms with Crippen molar-refractivity contribution in [2.75, 3.05) is 20.3 Å². The maximum Gasteiger partial charge on any atom is 0.258 e. The number of methoxy groups -OCH3 is 1. The van der Waals surface area contributed by atoms with Gasteiger partial charge in [0.15, 0.2) is 0 Å². The van der Waals surface area contributed by atoms with E-state index in [1.165, 1.54) is 0 Å². The lowest BCUT2D eigenvalue weighted by atomic mass is 9.98. The van der Waals surface area contributed by atoms with Crippen LogP contribution in [0.4, 0.5) is 0 Å². The highest BCUT2D eigenvalue weighted by molar-refractivity contribution is 6.01. The number of aromatic nitrogens is 6. The molecule has 0 radical (unpaired) electrons. The lowest BCUT2D eigenvalue weighted by molar-refractivity contribution is 0.0689. The van der Waals surface area contributed by atoms with E-state index >= 15 is 0 Å². The fourth-order valence-corrected chi connectivity index (χ4v) is 4.82. The zero-order valence-corrected chi connectivity index (χ0v) is 19.1. The third kappa shape index (κ3) is 3.28. The summed E-state index contributed by atoms with van der Waals surface area (Å²) in [5.74, 6) is -0.0768. The molecule has 172 valence electrons. The summed E-state index contributed by atoms with van der Waals surface area (Å²) >= 11 is 0. The number of amides is 1. The van der Waals surface area contributed by atoms with Crippen LogP contribution in [0.3, 0.4) is 0 Å². The van der Waals surface area contributed by atoms with Crippen LogP contribution in [-0.4, -0.2) is 60.3 Å². The monoisotopic (exact) mass is 455 g/mol. The summed E-state index contributed by atoms with van der Waals surface area (Å²) in [5.41, 5.74) is 7.30. The number of carbonyl (C=O) groups excluding carboxylic acids is 1. The molecular formula is C25H25N7O2. The molecular weight excluding hydrogens is 430 g/mol. The van der Waals surface area contributed by atoms with E-state index in [1.54, 1.807) is 24.1 Å². The van der Waals surface area contributed by atoms with Crippen molar-refractivity contribution in [3.8, 4) is 0 Å². The lowest BCUT2D eigenvalue weighted by Gasteiger charge is -2.33. The number of fused-ring (bicyclic) bond motifs is 3. The Morgan fingerprint density at radius 3 is 3.00 bits per heavy atom. The number of hydrogen-bond acceptors (Lipinski definition) is 5. The van der Waals surface area contributed by atoms with E-state index in [1.807, 2.05) is 40.0 Å². The molecule has 1 aliphatic heterocycles. The molecule has 0 unspecified atom stereocenters. The van der Waals surface area contributed by atoms with Crippen molar-refractivity contribution in [3.05, 3.63) is 89.0 Å². The van der Waals surface area contributed by atoms with Crippen molar-refractivity contribution < 1.29 is 9.53 Å². The first-order chi connectivity index (χ1) is 16.6. The molecule has 1 amide bonds. The number of nitrogens with one attached hydrogen (secondary N) is 1. The number of carbonyl (C=O) groups is 1. The van der Waals surface area contributed by atoms with Gasteiger partial charge < -0.3 is 14.6 Å². The van der Waals surface area contributed by atoms with Gasteiger partial charge in [0.2, 0.25) is 0 Å². The van der Waals surface area contributed by atoms with Gasteiger partial charge in [-0.25, -0.2) is 14.0 Å². The average Bonchev–Trinajstić information content (AvgIpc) is 3.59. The molecule has 1 atom stereocenters. The molecule has 6 rings (SSSR count). The van der Waals surface area contributed by atoms with Crippen LogP contribution in [0.15, 0.2) is 55.2 Å². The number of rotatable bonds is 5. The van der Waals surface area contributed by atoms with Crippen LogP contribution in [0.5, 0.6) is 0 Å². The number of H-pyrrole nitrogens is 1. The molecule has 0 aromatic carbocycles. The zero-order valence-electron chi connectivity index (χ0n) is 19.1. The molecule has 34 heavy (non-hydrogen) atoms. The number of ether oxygens (including phenoxy) is 1. The summed E-state index contributed by atoms with van der Waals surface area (Å²) < 4.78 is 8.81. The summed E-state index contributed by atoms with van der Waals surface area (Å²) in [6.07, 6.45) is 8.74. The Morgan fingerprint density at radius 2 is 2.15 bits per heavy atom. The first kappa shape index (κ1) is 20.6. The number of aryl methyl sites for hydroxylation is 1. The molecule has 9 nitrogen and oxygen atoms in total. The quantitative estimate of drug-likeness (QED) is 0.440. The molecule has 0 spiro atoms. The van der Waals surface area contributed by atoms with Crippen molar-refractivity contribution in [3.63, 3.8) is 0 Å². The Balaban J connectivity index is 1.41. The third-order valence-corrected chi connectivity index (χ3v) is 6.60. The summed E-state index contributed by atoms with van der Waals surface area (Å²) in [7, 11) is 1.69. The molecule has 0 fully saturated rings. The van der Waals surface area contributed by atoms with Gasteiger partial charge in [-0.1, -0.05) is 12.1 Å². The van der Waals surface area contributed by atoms with Gasteiger partial charge in [-0.2, -0.15) is 10.2 Å². The molecule has 1 N–H and O–H groups in total. The Kier molecular flexibility index (Phi) is 4.91. The third-order valence-electron chi connectivity index (χ3n) is 6.60. The van der Waals surface area contributed by atoms with Crippen LogP contribution in [-0.2, 0) is 17.6 Å². The van der Waals surface area contributed by atoms with Crippen molar-refractivity contribution in [1.29, 1.82) is 0 Å². The van der Waals surface area contributed by atoms with Gasteiger partial charge in [-0.15, -0.1) is 0 Å². The van der Waals surface area contributed by atoms with Crippen molar-refractivity contribution >= 4 is 16.9 Å². The van der Waals surface area contributed by atoms with E-state index in [-0.39, 0.29) is 11.9 Å². The van der Waals surface area contributed by atoms with E-state index < -0.39 is 0 Å². The highest BCUT2D eigenvalue weighted by Gasteiger charge is 2.37. The molecule has 0 bridgehead atoms. The van der Waals surface area contributed by atoms with Crippen molar-refractivity contribution in [1.82, 2.24) is 34.1 Å². The molecule has 0 aliphatic carbocycles. The van der Waals surface area contributed by atoms with E-state index in [0.717, 1.165) is 45.7 Å². The zero-order chi connectivity index (χ0) is 23.2. The maximum absolute atomic E-state index is 13.9. The van der Waals surface area contributed by atoms with Crippen LogP contribution in [0, 0.1) is 6.92 Å². The standard InChI is InChI=1S/C25H25N7O2/c1-16-4-3-9-31-22(16)12-20(29-31)24-23-19(26-15-27-23)7-10-30(24)25(33)18-13-28-32-14-17(8-11-34-2)5-6-21(18)32/h3-6,9,12-15,24H,7-8,10-11H2,1-2H3,(H,26,27)/t24-/m1/s1. The van der Waals surface area contributed by atoms with E-state index in [9.17, 15) is 4.79 Å². The van der Waals surface area contributed by atoms with Crippen molar-refractivity contribution in [2.24, 2.45) is 0 Å². The van der Waals surface area contributed by atoms with Gasteiger partial charge in [0.25, 0.3) is 5.91 Å². The first-order valence-electron chi connectivity index (χ1n) is 11.4. The Labute approximate surface area is 196 Å². The fraction of sp³-hybridized carbons (Fsp3) is 0.280. The topological polar surface area (TPSA) is 92.8 Å². The van der Waals surface area contributed by atoms with Crippen LogP contribution >= 0.6 is 0 Å². The Morgan fingerprint density at radius 1 is 1.24 bits per heavy atom. The molecule has 0 saturated carbocycles. The molecule has 6 heterocycles. The molecule has 5 aromatic heterocycles. The summed E-state index contributed by atoms with van der Waals surface area (Å²) in [6.45, 7) is 3.26. The van der Waals surface area contributed by atoms with Gasteiger partial charge in [0.1, 0.15) is 6.04 Å². The molecule has 0 saturated heterocycles. The van der Waals surface area contributed by atoms with Crippen LogP contribution in [0.2, 0.25) is 0 Å². The largest absolute Gasteiger partial charge is 0.384 e. The first-order valence-corrected chi connectivity index (χ1v) is 11.4. The average molecular weight is 456 g/mol. The second kappa shape index (κ2) is 8.11. The maximum atomic E-state index is 13.9. The van der Waals surface area contributed by atoms with E-state index in [2.05, 4.69) is 34.1 Å². The number of nitrogens with zero attached hydrogens (tertiary/aromatic N) is 6. The van der Waals surface area contributed by atoms with E-state index in [0.29, 0.717) is 25.1 Å². The minimum atomic E-state index is -0.377. The molecule has 1 aliphatic rings. The second-order valence-electron chi connectivity index (χ2n) is 8.68. The number of hydrogen-bond donors (Lipinski definition) is 1. The Hall–Kier alpha value is -3.98. The predicted octanol–water partition coefficient (Wildman–Crippen LogP) is 2.99. The minimum absolute atomic E-state index is 0.0768. The number of pyridine rings is 2. The van der Waals surface area contributed by atoms with Gasteiger partial charge in [0, 0.05) is 38.2 Å². The number of imidazole rings is 1. The summed E-state index contributed by atoms with van der Waals surface area (Å²) in [5, 5.41) is 9.30. The normalized spacial score (nSPS) is 15.8.